The molecule has 2 atom stereocenters. The molecule has 2 heterocycles. The second-order valence-electron chi connectivity index (χ2n) is 6.45. The van der Waals surface area contributed by atoms with Crippen LogP contribution < -0.4 is 16.4 Å². The molecule has 6 N–H and O–H groups in total. The second kappa shape index (κ2) is 7.67. The van der Waals surface area contributed by atoms with Crippen molar-refractivity contribution in [2.75, 3.05) is 6.54 Å². The number of hydrogen-bond acceptors (Lipinski definition) is 4. The van der Waals surface area contributed by atoms with Gasteiger partial charge in [0, 0.05) is 23.1 Å². The molecule has 0 saturated heterocycles. The average molecular weight is 344 g/mol. The number of nitrogens with one attached hydrogen (secondary N) is 3. The van der Waals surface area contributed by atoms with Gasteiger partial charge in [-0.1, -0.05) is 18.2 Å². The summed E-state index contributed by atoms with van der Waals surface area (Å²) in [5, 5.41) is 16.3. The van der Waals surface area contributed by atoms with Crippen molar-refractivity contribution in [2.24, 2.45) is 5.73 Å². The summed E-state index contributed by atoms with van der Waals surface area (Å²) in [5.41, 5.74) is 8.71. The maximum Gasteiger partial charge on any atom is 0.326 e. The van der Waals surface area contributed by atoms with E-state index in [-0.39, 0.29) is 5.91 Å². The summed E-state index contributed by atoms with van der Waals surface area (Å²) < 4.78 is 0. The molecule has 0 saturated carbocycles. The van der Waals surface area contributed by atoms with Gasteiger partial charge >= 0.3 is 5.97 Å². The van der Waals surface area contributed by atoms with Gasteiger partial charge in [-0.3, -0.25) is 10.1 Å². The number of rotatable bonds is 7. The van der Waals surface area contributed by atoms with Crippen molar-refractivity contribution in [1.29, 1.82) is 0 Å². The van der Waals surface area contributed by atoms with E-state index in [1.165, 1.54) is 0 Å². The van der Waals surface area contributed by atoms with Gasteiger partial charge in [0.25, 0.3) is 0 Å². The summed E-state index contributed by atoms with van der Waals surface area (Å²) in [6, 6.07) is 6.71. The zero-order chi connectivity index (χ0) is 17.8. The van der Waals surface area contributed by atoms with Crippen molar-refractivity contribution in [3.63, 3.8) is 0 Å². The molecule has 134 valence electrons. The first kappa shape index (κ1) is 17.4. The Labute approximate surface area is 146 Å². The number of amides is 1. The van der Waals surface area contributed by atoms with Gasteiger partial charge in [0.2, 0.25) is 5.91 Å². The van der Waals surface area contributed by atoms with E-state index in [2.05, 4.69) is 15.6 Å². The lowest BCUT2D eigenvalue weighted by Crippen LogP contribution is -2.52. The smallest absolute Gasteiger partial charge is 0.326 e. The molecule has 1 aliphatic rings. The quantitative estimate of drug-likeness (QED) is 0.478. The normalized spacial score (nSPS) is 17.9. The summed E-state index contributed by atoms with van der Waals surface area (Å²) >= 11 is 0. The van der Waals surface area contributed by atoms with Crippen LogP contribution in [0.3, 0.4) is 0 Å². The maximum absolute atomic E-state index is 12.5. The SMILES string of the molecule is NCCCC[C@H](NC(=O)[C@@H]1Cc2c([nH]c3ccccc23)CN1)C(=O)O. The van der Waals surface area contributed by atoms with Crippen LogP contribution in [-0.2, 0) is 22.6 Å². The molecule has 7 nitrogen and oxygen atoms in total. The number of unbranched alkanes of at least 4 members (excludes halogenated alkanes) is 1. The highest BCUT2D eigenvalue weighted by atomic mass is 16.4. The Morgan fingerprint density at radius 1 is 1.32 bits per heavy atom. The highest BCUT2D eigenvalue weighted by molar-refractivity contribution is 5.90. The van der Waals surface area contributed by atoms with E-state index in [0.29, 0.717) is 32.4 Å². The molecule has 1 aromatic heterocycles. The minimum Gasteiger partial charge on any atom is -0.480 e. The van der Waals surface area contributed by atoms with Crippen molar-refractivity contribution in [2.45, 2.75) is 44.3 Å². The van der Waals surface area contributed by atoms with Crippen LogP contribution in [0.25, 0.3) is 10.9 Å². The number of para-hydroxylation sites is 1. The fraction of sp³-hybridized carbons (Fsp3) is 0.444. The number of aliphatic carboxylic acids is 1. The molecule has 0 bridgehead atoms. The highest BCUT2D eigenvalue weighted by Gasteiger charge is 2.29. The fourth-order valence-electron chi connectivity index (χ4n) is 3.35. The zero-order valence-corrected chi connectivity index (χ0v) is 14.0. The fourth-order valence-corrected chi connectivity index (χ4v) is 3.35. The number of carboxylic acids is 1. The Hall–Kier alpha value is -2.38. The van der Waals surface area contributed by atoms with E-state index in [1.807, 2.05) is 24.3 Å². The second-order valence-corrected chi connectivity index (χ2v) is 6.45. The number of nitrogens with two attached hydrogens (primary N) is 1. The molecule has 1 aromatic carbocycles. The average Bonchev–Trinajstić information content (AvgIpc) is 2.98. The Morgan fingerprint density at radius 2 is 2.12 bits per heavy atom. The molecule has 0 spiro atoms. The summed E-state index contributed by atoms with van der Waals surface area (Å²) in [4.78, 5) is 27.3. The van der Waals surface area contributed by atoms with Crippen molar-refractivity contribution in [3.05, 3.63) is 35.5 Å². The molecule has 0 fully saturated rings. The van der Waals surface area contributed by atoms with Crippen molar-refractivity contribution >= 4 is 22.8 Å². The van der Waals surface area contributed by atoms with Gasteiger partial charge < -0.3 is 21.1 Å². The summed E-state index contributed by atoms with van der Waals surface area (Å²) in [7, 11) is 0. The monoisotopic (exact) mass is 344 g/mol. The van der Waals surface area contributed by atoms with E-state index < -0.39 is 18.1 Å². The number of aromatic amines is 1. The Kier molecular flexibility index (Phi) is 5.35. The number of fused-ring (bicyclic) bond motifs is 3. The number of H-pyrrole nitrogens is 1. The Morgan fingerprint density at radius 3 is 2.88 bits per heavy atom. The summed E-state index contributed by atoms with van der Waals surface area (Å²) in [6.07, 6.45) is 2.36. The van der Waals surface area contributed by atoms with E-state index in [9.17, 15) is 14.7 Å². The third kappa shape index (κ3) is 3.83. The molecule has 1 aliphatic heterocycles. The number of carbonyl (C=O) groups excluding carboxylic acids is 1. The molecule has 0 aliphatic carbocycles. The first-order valence-electron chi connectivity index (χ1n) is 8.65. The van der Waals surface area contributed by atoms with Gasteiger partial charge in [-0.15, -0.1) is 0 Å². The van der Waals surface area contributed by atoms with Crippen LogP contribution >= 0.6 is 0 Å². The van der Waals surface area contributed by atoms with Crippen LogP contribution in [0.15, 0.2) is 24.3 Å². The molecule has 0 radical (unpaired) electrons. The molecule has 0 unspecified atom stereocenters. The number of benzene rings is 1. The van der Waals surface area contributed by atoms with Crippen LogP contribution in [0.2, 0.25) is 0 Å². The lowest BCUT2D eigenvalue weighted by molar-refractivity contribution is -0.142. The van der Waals surface area contributed by atoms with E-state index in [1.54, 1.807) is 0 Å². The number of hydrogen-bond donors (Lipinski definition) is 5. The first-order chi connectivity index (χ1) is 12.1. The molecule has 2 aromatic rings. The van der Waals surface area contributed by atoms with Crippen LogP contribution in [-0.4, -0.2) is 40.6 Å². The van der Waals surface area contributed by atoms with Crippen molar-refractivity contribution in [1.82, 2.24) is 15.6 Å². The standard InChI is InChI=1S/C18H24N4O3/c19-8-4-3-7-14(18(24)25)22-17(23)15-9-12-11-5-1-2-6-13(11)21-16(12)10-20-15/h1-2,5-6,14-15,20-21H,3-4,7-10,19H2,(H,22,23)(H,24,25)/t14-,15-/m0/s1. The molecular weight excluding hydrogens is 320 g/mol. The Balaban J connectivity index is 1.68. The van der Waals surface area contributed by atoms with Gasteiger partial charge in [-0.2, -0.15) is 0 Å². The third-order valence-corrected chi connectivity index (χ3v) is 4.71. The molecular formula is C18H24N4O3. The van der Waals surface area contributed by atoms with Crippen LogP contribution in [0.5, 0.6) is 0 Å². The Bertz CT molecular complexity index is 771. The molecule has 1 amide bonds. The van der Waals surface area contributed by atoms with E-state index in [0.717, 1.165) is 28.6 Å². The van der Waals surface area contributed by atoms with E-state index >= 15 is 0 Å². The predicted octanol–water partition coefficient (Wildman–Crippen LogP) is 0.881. The van der Waals surface area contributed by atoms with Gasteiger partial charge in [0.15, 0.2) is 0 Å². The lowest BCUT2D eigenvalue weighted by atomic mass is 9.97. The van der Waals surface area contributed by atoms with Crippen molar-refractivity contribution in [3.8, 4) is 0 Å². The van der Waals surface area contributed by atoms with Gasteiger partial charge in [-0.05, 0) is 43.9 Å². The van der Waals surface area contributed by atoms with Crippen LogP contribution in [0.1, 0.15) is 30.5 Å². The first-order valence-corrected chi connectivity index (χ1v) is 8.65. The summed E-state index contributed by atoms with van der Waals surface area (Å²) in [5.74, 6) is -1.27. The predicted molar refractivity (Wildman–Crippen MR) is 95.1 cm³/mol. The minimum absolute atomic E-state index is 0.268. The number of aromatic nitrogens is 1. The minimum atomic E-state index is -1.01. The summed E-state index contributed by atoms with van der Waals surface area (Å²) in [6.45, 7) is 1.08. The maximum atomic E-state index is 12.5. The lowest BCUT2D eigenvalue weighted by Gasteiger charge is -2.25. The third-order valence-electron chi connectivity index (χ3n) is 4.71. The number of carboxylic acid groups (broad SMARTS) is 1. The highest BCUT2D eigenvalue weighted by Crippen LogP contribution is 2.26. The molecule has 3 rings (SSSR count). The number of carbonyl (C=O) groups is 2. The topological polar surface area (TPSA) is 120 Å². The molecule has 7 heteroatoms. The van der Waals surface area contributed by atoms with Crippen LogP contribution in [0, 0.1) is 0 Å². The van der Waals surface area contributed by atoms with Crippen LogP contribution in [0.4, 0.5) is 0 Å². The largest absolute Gasteiger partial charge is 0.480 e. The van der Waals surface area contributed by atoms with Gasteiger partial charge in [-0.25, -0.2) is 4.79 Å². The van der Waals surface area contributed by atoms with Crippen molar-refractivity contribution < 1.29 is 14.7 Å². The molecule has 25 heavy (non-hydrogen) atoms. The van der Waals surface area contributed by atoms with Gasteiger partial charge in [0.1, 0.15) is 6.04 Å². The van der Waals surface area contributed by atoms with E-state index in [4.69, 9.17) is 5.73 Å². The zero-order valence-electron chi connectivity index (χ0n) is 14.0. The van der Waals surface area contributed by atoms with Gasteiger partial charge in [0.05, 0.1) is 6.04 Å².